The van der Waals surface area contributed by atoms with Crippen LogP contribution in [0.1, 0.15) is 127 Å². The maximum absolute atomic E-state index is 11.9. The molecule has 2 atom stereocenters. The number of allylic oxidation sites excluding steroid dienone is 2. The van der Waals surface area contributed by atoms with Crippen LogP contribution in [-0.4, -0.2) is 28.2 Å². The number of benzene rings is 3. The van der Waals surface area contributed by atoms with Crippen LogP contribution in [0.4, 0.5) is 11.4 Å². The van der Waals surface area contributed by atoms with Gasteiger partial charge in [-0.15, -0.1) is 22.7 Å². The van der Waals surface area contributed by atoms with Gasteiger partial charge in [-0.1, -0.05) is 121 Å². The molecule has 3 aromatic carbocycles. The summed E-state index contributed by atoms with van der Waals surface area (Å²) < 4.78 is 0. The molecule has 2 unspecified atom stereocenters. The van der Waals surface area contributed by atoms with Crippen LogP contribution in [0, 0.1) is 22.7 Å². The first-order valence-electron chi connectivity index (χ1n) is 22.5. The lowest BCUT2D eigenvalue weighted by molar-refractivity contribution is -0.133. The van der Waals surface area contributed by atoms with Crippen molar-refractivity contribution in [3.63, 3.8) is 0 Å². The molecule has 5 aromatic rings. The number of carboxylic acid groups (broad SMARTS) is 2. The van der Waals surface area contributed by atoms with Crippen LogP contribution >= 0.6 is 22.7 Å². The number of anilines is 2. The Morgan fingerprint density at radius 1 is 0.734 bits per heavy atom. The van der Waals surface area contributed by atoms with Crippen molar-refractivity contribution < 1.29 is 19.8 Å². The van der Waals surface area contributed by atoms with Crippen molar-refractivity contribution in [3.05, 3.63) is 145 Å². The fraction of sp³-hybridized carbons (Fsp3) is 0.309. The quantitative estimate of drug-likeness (QED) is 0.0541. The van der Waals surface area contributed by atoms with Crippen LogP contribution in [0.5, 0.6) is 0 Å². The van der Waals surface area contributed by atoms with E-state index < -0.39 is 11.9 Å². The smallest absolute Gasteiger partial charge is 0.346 e. The Bertz CT molecular complexity index is 2850. The molecule has 0 amide bonds. The molecule has 3 aliphatic rings. The van der Waals surface area contributed by atoms with Gasteiger partial charge in [0, 0.05) is 42.2 Å². The van der Waals surface area contributed by atoms with Crippen LogP contribution in [0.25, 0.3) is 39.3 Å². The standard InChI is InChI=1S/C55H53N3O4S2/c1-5-7-9-11-15-34-25-41(27-38(32-56)53(59)60)63-51(34)36-19-23-49-45(29-36)46-30-37(52-35(16-12-10-8-6-2)26-42(64-52)28-39(33-57)54(61)62)20-24-50(46)58(49)40-21-22-44-43-17-13-14-18-47(43)55(3,4)48(44)31-40/h13-14,17-31,45,49H,5-12,15-16H2,1-4H3,(H,59,60)(H,61,62)/b38-27+,39-28+. The van der Waals surface area contributed by atoms with Gasteiger partial charge in [-0.2, -0.15) is 10.5 Å². The summed E-state index contributed by atoms with van der Waals surface area (Å²) in [4.78, 5) is 29.9. The molecule has 8 rings (SSSR count). The van der Waals surface area contributed by atoms with Crippen LogP contribution in [0.15, 0.2) is 102 Å². The zero-order chi connectivity index (χ0) is 45.1. The van der Waals surface area contributed by atoms with E-state index in [1.807, 2.05) is 12.1 Å². The molecule has 324 valence electrons. The molecular weight excluding hydrogens is 831 g/mol. The van der Waals surface area contributed by atoms with Gasteiger partial charge in [-0.05, 0) is 124 Å². The van der Waals surface area contributed by atoms with E-state index in [1.165, 1.54) is 56.9 Å². The highest BCUT2D eigenvalue weighted by atomic mass is 32.1. The molecule has 0 saturated heterocycles. The number of thiophene rings is 2. The van der Waals surface area contributed by atoms with E-state index in [4.69, 9.17) is 0 Å². The first kappa shape index (κ1) is 44.4. The van der Waals surface area contributed by atoms with Gasteiger partial charge in [-0.3, -0.25) is 0 Å². The van der Waals surface area contributed by atoms with Gasteiger partial charge in [0.2, 0.25) is 0 Å². The number of fused-ring (bicyclic) bond motifs is 6. The van der Waals surface area contributed by atoms with Crippen LogP contribution in [-0.2, 0) is 27.8 Å². The third-order valence-electron chi connectivity index (χ3n) is 13.0. The third kappa shape index (κ3) is 8.55. The van der Waals surface area contributed by atoms with Crippen LogP contribution in [0.3, 0.4) is 0 Å². The van der Waals surface area contributed by atoms with Crippen molar-refractivity contribution in [3.8, 4) is 33.7 Å². The number of nitriles is 2. The number of hydrogen-bond donors (Lipinski definition) is 2. The van der Waals surface area contributed by atoms with E-state index in [2.05, 4.69) is 124 Å². The van der Waals surface area contributed by atoms with Crippen LogP contribution < -0.4 is 4.90 Å². The summed E-state index contributed by atoms with van der Waals surface area (Å²) in [6.45, 7) is 9.02. The Kier molecular flexibility index (Phi) is 13.1. The summed E-state index contributed by atoms with van der Waals surface area (Å²) in [5.41, 5.74) is 12.4. The lowest BCUT2D eigenvalue weighted by atomic mass is 9.82. The molecule has 2 aromatic heterocycles. The van der Waals surface area contributed by atoms with Gasteiger partial charge in [0.15, 0.2) is 0 Å². The van der Waals surface area contributed by atoms with Crippen LogP contribution in [0.2, 0.25) is 0 Å². The topological polar surface area (TPSA) is 125 Å². The lowest BCUT2D eigenvalue weighted by Gasteiger charge is -2.31. The van der Waals surface area contributed by atoms with Gasteiger partial charge >= 0.3 is 11.9 Å². The Morgan fingerprint density at radius 2 is 1.34 bits per heavy atom. The molecule has 0 fully saturated rings. The van der Waals surface area contributed by atoms with E-state index >= 15 is 0 Å². The molecule has 2 aliphatic carbocycles. The minimum atomic E-state index is -1.23. The van der Waals surface area contributed by atoms with Crippen molar-refractivity contribution in [1.82, 2.24) is 0 Å². The lowest BCUT2D eigenvalue weighted by Crippen LogP contribution is -2.29. The van der Waals surface area contributed by atoms with E-state index in [1.54, 1.807) is 11.3 Å². The zero-order valence-electron chi connectivity index (χ0n) is 36.9. The van der Waals surface area contributed by atoms with Gasteiger partial charge < -0.3 is 15.1 Å². The van der Waals surface area contributed by atoms with Gasteiger partial charge in [-0.25, -0.2) is 9.59 Å². The number of aliphatic carboxylic acids is 2. The molecular formula is C55H53N3O4S2. The van der Waals surface area contributed by atoms with Gasteiger partial charge in [0.1, 0.15) is 23.3 Å². The third-order valence-corrected chi connectivity index (χ3v) is 15.4. The average molecular weight is 884 g/mol. The molecule has 0 bridgehead atoms. The van der Waals surface area contributed by atoms with Crippen molar-refractivity contribution in [1.29, 1.82) is 10.5 Å². The Labute approximate surface area is 384 Å². The predicted molar refractivity (Wildman–Crippen MR) is 262 cm³/mol. The largest absolute Gasteiger partial charge is 0.477 e. The predicted octanol–water partition coefficient (Wildman–Crippen LogP) is 14.3. The highest BCUT2D eigenvalue weighted by Crippen LogP contribution is 2.54. The average Bonchev–Trinajstić information content (AvgIpc) is 4.04. The SMILES string of the molecule is CCCCCCc1cc(/C=C(\C#N)C(=O)O)sc1C1=CC2c3cc(-c4sc(/C=C(\C#N)C(=O)O)cc4CCCCCC)ccc3N(c3ccc4c(c3)C(C)(C)c3ccccc3-4)C2C=C1. The molecule has 0 radical (unpaired) electrons. The second-order valence-corrected chi connectivity index (χ2v) is 19.8. The molecule has 1 aliphatic heterocycles. The summed E-state index contributed by atoms with van der Waals surface area (Å²) in [5, 5.41) is 38.7. The summed E-state index contributed by atoms with van der Waals surface area (Å²) in [7, 11) is 0. The number of unbranched alkanes of at least 4 members (excludes halogenated alkanes) is 6. The van der Waals surface area contributed by atoms with E-state index in [0.29, 0.717) is 0 Å². The fourth-order valence-corrected chi connectivity index (χ4v) is 12.1. The molecule has 3 heterocycles. The number of carboxylic acids is 2. The molecule has 0 saturated carbocycles. The second-order valence-electron chi connectivity index (χ2n) is 17.6. The normalized spacial score (nSPS) is 17.0. The molecule has 9 heteroatoms. The summed E-state index contributed by atoms with van der Waals surface area (Å²) in [6.07, 6.45) is 20.5. The fourth-order valence-electron chi connectivity index (χ4n) is 9.79. The Morgan fingerprint density at radius 3 is 1.97 bits per heavy atom. The number of rotatable bonds is 17. The summed E-state index contributed by atoms with van der Waals surface area (Å²) in [6, 6.07) is 30.2. The minimum Gasteiger partial charge on any atom is -0.477 e. The molecule has 64 heavy (non-hydrogen) atoms. The zero-order valence-corrected chi connectivity index (χ0v) is 38.5. The van der Waals surface area contributed by atoms with Crippen molar-refractivity contribution in [2.24, 2.45) is 0 Å². The van der Waals surface area contributed by atoms with Crippen molar-refractivity contribution >= 4 is 63.7 Å². The van der Waals surface area contributed by atoms with E-state index in [0.717, 1.165) is 112 Å². The first-order chi connectivity index (χ1) is 31.0. The molecule has 7 nitrogen and oxygen atoms in total. The maximum Gasteiger partial charge on any atom is 0.346 e. The van der Waals surface area contributed by atoms with E-state index in [9.17, 15) is 30.3 Å². The molecule has 0 spiro atoms. The monoisotopic (exact) mass is 883 g/mol. The first-order valence-corrected chi connectivity index (χ1v) is 24.1. The summed E-state index contributed by atoms with van der Waals surface area (Å²) >= 11 is 3.08. The number of hydrogen-bond acceptors (Lipinski definition) is 7. The highest BCUT2D eigenvalue weighted by Gasteiger charge is 2.41. The van der Waals surface area contributed by atoms with Crippen molar-refractivity contribution in [2.75, 3.05) is 4.90 Å². The number of aryl methyl sites for hydroxylation is 2. The summed E-state index contributed by atoms with van der Waals surface area (Å²) in [5.74, 6) is -2.49. The highest BCUT2D eigenvalue weighted by molar-refractivity contribution is 7.16. The minimum absolute atomic E-state index is 0.0208. The molecule has 2 N–H and O–H groups in total. The number of carbonyl (C=O) groups is 2. The van der Waals surface area contributed by atoms with Crippen molar-refractivity contribution in [2.45, 2.75) is 109 Å². The Hall–Kier alpha value is -6.26. The van der Waals surface area contributed by atoms with E-state index in [-0.39, 0.29) is 28.5 Å². The second kappa shape index (κ2) is 18.8. The van der Waals surface area contributed by atoms with Gasteiger partial charge in [0.25, 0.3) is 0 Å². The van der Waals surface area contributed by atoms with Gasteiger partial charge in [0.05, 0.1) is 6.04 Å². The maximum atomic E-state index is 11.9. The Balaban J connectivity index is 1.26. The number of nitrogens with zero attached hydrogens (tertiary/aromatic N) is 3.